The number of nitrogens with one attached hydrogen (secondary N) is 1. The fraction of sp³-hybridized carbons (Fsp3) is 0.278. The van der Waals surface area contributed by atoms with E-state index in [0.29, 0.717) is 5.92 Å². The lowest BCUT2D eigenvalue weighted by Gasteiger charge is -2.36. The first-order chi connectivity index (χ1) is 10.1. The summed E-state index contributed by atoms with van der Waals surface area (Å²) in [7, 11) is 0. The molecule has 108 valence electrons. The van der Waals surface area contributed by atoms with Crippen LogP contribution in [0.3, 0.4) is 0 Å². The molecule has 3 N–H and O–H groups in total. The van der Waals surface area contributed by atoms with Crippen LogP contribution in [0.25, 0.3) is 0 Å². The predicted molar refractivity (Wildman–Crippen MR) is 88.5 cm³/mol. The number of hydrogen-bond donors (Lipinski definition) is 2. The van der Waals surface area contributed by atoms with Crippen molar-refractivity contribution in [2.45, 2.75) is 20.3 Å². The number of aryl methyl sites for hydroxylation is 1. The third-order valence-electron chi connectivity index (χ3n) is 4.14. The second-order valence-electron chi connectivity index (χ2n) is 5.93. The lowest BCUT2D eigenvalue weighted by atomic mass is 9.92. The number of nitrogens with two attached hydrogens (primary N) is 1. The van der Waals surface area contributed by atoms with Crippen LogP contribution in [0.5, 0.6) is 0 Å². The number of benzene rings is 2. The molecule has 0 fully saturated rings. The van der Waals surface area contributed by atoms with Crippen LogP contribution in [0.15, 0.2) is 42.5 Å². The highest BCUT2D eigenvalue weighted by Crippen LogP contribution is 2.38. The minimum absolute atomic E-state index is 0.129. The maximum Gasteiger partial charge on any atom is 0.124 e. The summed E-state index contributed by atoms with van der Waals surface area (Å²) in [6.07, 6.45) is 1.11. The second kappa shape index (κ2) is 5.24. The van der Waals surface area contributed by atoms with Crippen molar-refractivity contribution in [3.05, 3.63) is 59.2 Å². The predicted octanol–water partition coefficient (Wildman–Crippen LogP) is 3.61. The van der Waals surface area contributed by atoms with Crippen LogP contribution in [0, 0.1) is 18.3 Å². The molecule has 0 spiro atoms. The summed E-state index contributed by atoms with van der Waals surface area (Å²) < 4.78 is 0. The van der Waals surface area contributed by atoms with Crippen molar-refractivity contribution in [1.29, 1.82) is 5.41 Å². The molecule has 1 unspecified atom stereocenters. The van der Waals surface area contributed by atoms with Gasteiger partial charge < -0.3 is 10.6 Å². The van der Waals surface area contributed by atoms with Gasteiger partial charge in [-0.05, 0) is 42.5 Å². The van der Waals surface area contributed by atoms with Crippen LogP contribution >= 0.6 is 0 Å². The van der Waals surface area contributed by atoms with Gasteiger partial charge in [-0.15, -0.1) is 0 Å². The van der Waals surface area contributed by atoms with Crippen LogP contribution in [-0.4, -0.2) is 12.4 Å². The Labute approximate surface area is 125 Å². The van der Waals surface area contributed by atoms with Gasteiger partial charge in [0.15, 0.2) is 0 Å². The first-order valence-corrected chi connectivity index (χ1v) is 7.37. The number of amidine groups is 1. The second-order valence-corrected chi connectivity index (χ2v) is 5.93. The van der Waals surface area contributed by atoms with Crippen molar-refractivity contribution < 1.29 is 0 Å². The van der Waals surface area contributed by atoms with Gasteiger partial charge in [0.1, 0.15) is 5.84 Å². The molecule has 3 nitrogen and oxygen atoms in total. The highest BCUT2D eigenvalue weighted by molar-refractivity contribution is 6.02. The molecular weight excluding hydrogens is 258 g/mol. The van der Waals surface area contributed by atoms with Gasteiger partial charge in [-0.2, -0.15) is 0 Å². The zero-order valence-corrected chi connectivity index (χ0v) is 12.6. The van der Waals surface area contributed by atoms with E-state index in [9.17, 15) is 0 Å². The highest BCUT2D eigenvalue weighted by Gasteiger charge is 2.25. The summed E-state index contributed by atoms with van der Waals surface area (Å²) in [5.41, 5.74) is 11.5. The van der Waals surface area contributed by atoms with Crippen molar-refractivity contribution in [3.8, 4) is 0 Å². The molecule has 2 aromatic rings. The SMILES string of the molecule is Cc1cccc(C(=N)N)c1N1CC(C)Cc2ccccc21. The van der Waals surface area contributed by atoms with Crippen LogP contribution in [0.4, 0.5) is 11.4 Å². The van der Waals surface area contributed by atoms with E-state index >= 15 is 0 Å². The van der Waals surface area contributed by atoms with Gasteiger partial charge in [0.2, 0.25) is 0 Å². The number of para-hydroxylation sites is 2. The Balaban J connectivity index is 2.20. The van der Waals surface area contributed by atoms with Gasteiger partial charge in [-0.3, -0.25) is 5.41 Å². The summed E-state index contributed by atoms with van der Waals surface area (Å²) in [6, 6.07) is 14.5. The third-order valence-corrected chi connectivity index (χ3v) is 4.14. The fourth-order valence-electron chi connectivity index (χ4n) is 3.24. The largest absolute Gasteiger partial charge is 0.384 e. The molecule has 0 bridgehead atoms. The van der Waals surface area contributed by atoms with E-state index in [2.05, 4.69) is 49.1 Å². The van der Waals surface area contributed by atoms with Gasteiger partial charge in [-0.1, -0.05) is 37.3 Å². The first kappa shape index (κ1) is 13.7. The Morgan fingerprint density at radius 3 is 2.71 bits per heavy atom. The summed E-state index contributed by atoms with van der Waals surface area (Å²) in [5.74, 6) is 0.712. The number of anilines is 2. The molecule has 0 amide bonds. The van der Waals surface area contributed by atoms with E-state index in [4.69, 9.17) is 11.1 Å². The highest BCUT2D eigenvalue weighted by atomic mass is 15.2. The Kier molecular flexibility index (Phi) is 3.42. The average molecular weight is 279 g/mol. The number of hydrogen-bond acceptors (Lipinski definition) is 2. The Morgan fingerprint density at radius 2 is 1.95 bits per heavy atom. The molecule has 1 heterocycles. The van der Waals surface area contributed by atoms with E-state index in [1.54, 1.807) is 0 Å². The van der Waals surface area contributed by atoms with Gasteiger partial charge >= 0.3 is 0 Å². The lowest BCUT2D eigenvalue weighted by Crippen LogP contribution is -2.32. The summed E-state index contributed by atoms with van der Waals surface area (Å²) in [4.78, 5) is 2.33. The zero-order valence-electron chi connectivity index (χ0n) is 12.6. The van der Waals surface area contributed by atoms with Crippen molar-refractivity contribution in [2.24, 2.45) is 11.7 Å². The summed E-state index contributed by atoms with van der Waals surface area (Å²) in [6.45, 7) is 5.32. The van der Waals surface area contributed by atoms with Gasteiger partial charge in [0.05, 0.1) is 5.69 Å². The minimum Gasteiger partial charge on any atom is -0.384 e. The monoisotopic (exact) mass is 279 g/mol. The van der Waals surface area contributed by atoms with Crippen LogP contribution in [-0.2, 0) is 6.42 Å². The summed E-state index contributed by atoms with van der Waals surface area (Å²) >= 11 is 0. The molecular formula is C18H21N3. The van der Waals surface area contributed by atoms with E-state index in [0.717, 1.165) is 29.8 Å². The number of rotatable bonds is 2. The molecule has 0 aromatic heterocycles. The smallest absolute Gasteiger partial charge is 0.124 e. The molecule has 1 aliphatic heterocycles. The van der Waals surface area contributed by atoms with Crippen molar-refractivity contribution in [3.63, 3.8) is 0 Å². The molecule has 1 atom stereocenters. The number of nitrogen functional groups attached to an aromatic ring is 1. The molecule has 3 rings (SSSR count). The topological polar surface area (TPSA) is 53.1 Å². The van der Waals surface area contributed by atoms with Gasteiger partial charge in [0, 0.05) is 17.8 Å². The normalized spacial score (nSPS) is 17.4. The average Bonchev–Trinajstić information content (AvgIpc) is 2.46. The van der Waals surface area contributed by atoms with Crippen LogP contribution in [0.1, 0.15) is 23.6 Å². The Hall–Kier alpha value is -2.29. The molecule has 0 saturated carbocycles. The maximum atomic E-state index is 7.88. The molecule has 0 saturated heterocycles. The maximum absolute atomic E-state index is 7.88. The van der Waals surface area contributed by atoms with Crippen molar-refractivity contribution in [2.75, 3.05) is 11.4 Å². The van der Waals surface area contributed by atoms with Crippen LogP contribution in [0.2, 0.25) is 0 Å². The van der Waals surface area contributed by atoms with E-state index in [-0.39, 0.29) is 5.84 Å². The fourth-order valence-corrected chi connectivity index (χ4v) is 3.24. The Morgan fingerprint density at radius 1 is 1.19 bits per heavy atom. The minimum atomic E-state index is 0.129. The Bertz CT molecular complexity index is 691. The van der Waals surface area contributed by atoms with Gasteiger partial charge in [-0.25, -0.2) is 0 Å². The van der Waals surface area contributed by atoms with Crippen molar-refractivity contribution in [1.82, 2.24) is 0 Å². The summed E-state index contributed by atoms with van der Waals surface area (Å²) in [5, 5.41) is 7.88. The third kappa shape index (κ3) is 2.40. The lowest BCUT2D eigenvalue weighted by molar-refractivity contribution is 0.562. The quantitative estimate of drug-likeness (QED) is 0.652. The molecule has 0 aliphatic carbocycles. The first-order valence-electron chi connectivity index (χ1n) is 7.37. The van der Waals surface area contributed by atoms with E-state index < -0.39 is 0 Å². The standard InChI is InChI=1S/C18H21N3/c1-12-10-14-7-3-4-9-16(14)21(11-12)17-13(2)6-5-8-15(17)18(19)20/h3-9,12H,10-11H2,1-2H3,(H3,19,20). The molecule has 3 heteroatoms. The number of fused-ring (bicyclic) bond motifs is 1. The van der Waals surface area contributed by atoms with Gasteiger partial charge in [0.25, 0.3) is 0 Å². The zero-order chi connectivity index (χ0) is 15.0. The number of nitrogens with zero attached hydrogens (tertiary/aromatic N) is 1. The van der Waals surface area contributed by atoms with E-state index in [1.165, 1.54) is 11.3 Å². The van der Waals surface area contributed by atoms with Crippen molar-refractivity contribution >= 4 is 17.2 Å². The molecule has 21 heavy (non-hydrogen) atoms. The molecule has 0 radical (unpaired) electrons. The van der Waals surface area contributed by atoms with Crippen LogP contribution < -0.4 is 10.6 Å². The molecule has 1 aliphatic rings. The van der Waals surface area contributed by atoms with E-state index in [1.807, 2.05) is 12.1 Å². The molecule has 2 aromatic carbocycles.